The number of aromatic nitrogens is 3. The van der Waals surface area contributed by atoms with Gasteiger partial charge in [0.2, 0.25) is 5.91 Å². The third-order valence-electron chi connectivity index (χ3n) is 4.19. The molecule has 0 unspecified atom stereocenters. The first kappa shape index (κ1) is 19.0. The molecular formula is C17H21ClN4O3S. The second-order valence-corrected chi connectivity index (χ2v) is 7.57. The van der Waals surface area contributed by atoms with Crippen molar-refractivity contribution >= 4 is 29.3 Å². The highest BCUT2D eigenvalue weighted by Gasteiger charge is 2.20. The zero-order valence-electron chi connectivity index (χ0n) is 14.4. The van der Waals surface area contributed by atoms with Gasteiger partial charge in [0, 0.05) is 11.6 Å². The summed E-state index contributed by atoms with van der Waals surface area (Å²) in [5, 5.41) is 10.5. The van der Waals surface area contributed by atoms with Gasteiger partial charge in [0.25, 0.3) is 0 Å². The molecule has 7 nitrogen and oxygen atoms in total. The standard InChI is InChI=1S/C17H21ClN4O3S/c1-11(12-4-2-5-13(18)8-12)19-15(23)10-26-17-21-20-16(24)22(17)9-14-6-3-7-25-14/h2,4-5,8,11,14H,3,6-7,9-10H2,1H3,(H,19,23)(H,20,24)/t11-,14+/m0/s1. The van der Waals surface area contributed by atoms with Crippen LogP contribution in [0.4, 0.5) is 0 Å². The van der Waals surface area contributed by atoms with Crippen LogP contribution in [0, 0.1) is 0 Å². The van der Waals surface area contributed by atoms with E-state index >= 15 is 0 Å². The minimum Gasteiger partial charge on any atom is -0.376 e. The molecule has 2 N–H and O–H groups in total. The highest BCUT2D eigenvalue weighted by Crippen LogP contribution is 2.20. The maximum atomic E-state index is 12.2. The van der Waals surface area contributed by atoms with Crippen LogP contribution in [0.1, 0.15) is 31.4 Å². The van der Waals surface area contributed by atoms with Gasteiger partial charge in [0.05, 0.1) is 24.4 Å². The third kappa shape index (κ3) is 4.90. The minimum absolute atomic E-state index is 0.0290. The molecule has 1 aromatic heterocycles. The monoisotopic (exact) mass is 396 g/mol. The Morgan fingerprint density at radius 2 is 2.42 bits per heavy atom. The average Bonchev–Trinajstić information content (AvgIpc) is 3.24. The number of thioether (sulfide) groups is 1. The third-order valence-corrected chi connectivity index (χ3v) is 5.40. The van der Waals surface area contributed by atoms with Crippen molar-refractivity contribution in [3.8, 4) is 0 Å². The van der Waals surface area contributed by atoms with Crippen LogP contribution in [-0.4, -0.2) is 39.1 Å². The number of amides is 1. The summed E-state index contributed by atoms with van der Waals surface area (Å²) in [5.41, 5.74) is 0.654. The zero-order chi connectivity index (χ0) is 18.5. The molecular weight excluding hydrogens is 376 g/mol. The topological polar surface area (TPSA) is 89.0 Å². The summed E-state index contributed by atoms with van der Waals surface area (Å²) in [6.45, 7) is 3.08. The number of hydrogen-bond donors (Lipinski definition) is 2. The highest BCUT2D eigenvalue weighted by molar-refractivity contribution is 7.99. The molecule has 1 aromatic carbocycles. The number of aromatic amines is 1. The molecule has 0 bridgehead atoms. The lowest BCUT2D eigenvalue weighted by Crippen LogP contribution is -2.29. The van der Waals surface area contributed by atoms with Crippen molar-refractivity contribution in [2.24, 2.45) is 0 Å². The first-order valence-corrected chi connectivity index (χ1v) is 9.83. The fourth-order valence-electron chi connectivity index (χ4n) is 2.84. The van der Waals surface area contributed by atoms with Gasteiger partial charge in [-0.2, -0.15) is 0 Å². The number of nitrogens with one attached hydrogen (secondary N) is 2. The molecule has 0 spiro atoms. The summed E-state index contributed by atoms with van der Waals surface area (Å²) >= 11 is 7.21. The molecule has 1 aliphatic rings. The Morgan fingerprint density at radius 3 is 3.15 bits per heavy atom. The van der Waals surface area contributed by atoms with Crippen LogP contribution in [0.15, 0.2) is 34.2 Å². The summed E-state index contributed by atoms with van der Waals surface area (Å²) in [6, 6.07) is 7.22. The molecule has 2 heterocycles. The Morgan fingerprint density at radius 1 is 1.58 bits per heavy atom. The number of carbonyl (C=O) groups is 1. The van der Waals surface area contributed by atoms with Gasteiger partial charge in [0.1, 0.15) is 0 Å². The van der Waals surface area contributed by atoms with E-state index in [0.717, 1.165) is 25.0 Å². The quantitative estimate of drug-likeness (QED) is 0.701. The number of rotatable bonds is 7. The number of halogens is 1. The first-order chi connectivity index (χ1) is 12.5. The zero-order valence-corrected chi connectivity index (χ0v) is 16.0. The summed E-state index contributed by atoms with van der Waals surface area (Å²) in [5.74, 6) is 0.0300. The Labute approximate surface area is 160 Å². The van der Waals surface area contributed by atoms with Gasteiger partial charge in [-0.25, -0.2) is 9.89 Å². The summed E-state index contributed by atoms with van der Waals surface area (Å²) in [6.07, 6.45) is 1.96. The van der Waals surface area contributed by atoms with Crippen molar-refractivity contribution in [3.63, 3.8) is 0 Å². The van der Waals surface area contributed by atoms with Gasteiger partial charge in [-0.05, 0) is 37.5 Å². The molecule has 0 aliphatic carbocycles. The first-order valence-electron chi connectivity index (χ1n) is 8.47. The second-order valence-electron chi connectivity index (χ2n) is 6.19. The van der Waals surface area contributed by atoms with E-state index in [1.807, 2.05) is 25.1 Å². The molecule has 9 heteroatoms. The molecule has 26 heavy (non-hydrogen) atoms. The SMILES string of the molecule is C[C@H](NC(=O)CSc1n[nH]c(=O)n1C[C@H]1CCCO1)c1cccc(Cl)c1. The van der Waals surface area contributed by atoms with Gasteiger partial charge in [0.15, 0.2) is 5.16 Å². The van der Waals surface area contributed by atoms with Crippen LogP contribution < -0.4 is 11.0 Å². The van der Waals surface area contributed by atoms with Crippen LogP contribution >= 0.6 is 23.4 Å². The Hall–Kier alpha value is -1.77. The Kier molecular flexibility index (Phi) is 6.39. The Bertz CT molecular complexity index is 816. The van der Waals surface area contributed by atoms with E-state index in [-0.39, 0.29) is 29.5 Å². The van der Waals surface area contributed by atoms with Crippen molar-refractivity contribution < 1.29 is 9.53 Å². The van der Waals surface area contributed by atoms with Crippen molar-refractivity contribution in [3.05, 3.63) is 45.3 Å². The lowest BCUT2D eigenvalue weighted by molar-refractivity contribution is -0.119. The molecule has 140 valence electrons. The predicted octanol–water partition coefficient (Wildman–Crippen LogP) is 2.37. The molecule has 1 amide bonds. The van der Waals surface area contributed by atoms with Gasteiger partial charge < -0.3 is 10.1 Å². The molecule has 1 aliphatic heterocycles. The van der Waals surface area contributed by atoms with Gasteiger partial charge in [-0.3, -0.25) is 9.36 Å². The van der Waals surface area contributed by atoms with E-state index in [2.05, 4.69) is 15.5 Å². The fourth-order valence-corrected chi connectivity index (χ4v) is 3.80. The van der Waals surface area contributed by atoms with Crippen LogP contribution in [0.5, 0.6) is 0 Å². The predicted molar refractivity (Wildman–Crippen MR) is 101 cm³/mol. The lowest BCUT2D eigenvalue weighted by Gasteiger charge is -2.15. The number of nitrogens with zero attached hydrogens (tertiary/aromatic N) is 2. The van der Waals surface area contributed by atoms with Crippen molar-refractivity contribution in [1.29, 1.82) is 0 Å². The van der Waals surface area contributed by atoms with E-state index in [4.69, 9.17) is 16.3 Å². The van der Waals surface area contributed by atoms with E-state index < -0.39 is 0 Å². The fraction of sp³-hybridized carbons (Fsp3) is 0.471. The number of benzene rings is 1. The Balaban J connectivity index is 1.55. The van der Waals surface area contributed by atoms with Crippen molar-refractivity contribution in [1.82, 2.24) is 20.1 Å². The minimum atomic E-state index is -0.282. The van der Waals surface area contributed by atoms with Gasteiger partial charge in [-0.1, -0.05) is 35.5 Å². The smallest absolute Gasteiger partial charge is 0.344 e. The molecule has 3 rings (SSSR count). The molecule has 2 aromatic rings. The number of H-pyrrole nitrogens is 1. The molecule has 2 atom stereocenters. The van der Waals surface area contributed by atoms with Crippen molar-refractivity contribution in [2.45, 2.75) is 43.6 Å². The lowest BCUT2D eigenvalue weighted by atomic mass is 10.1. The van der Waals surface area contributed by atoms with E-state index in [9.17, 15) is 9.59 Å². The van der Waals surface area contributed by atoms with Gasteiger partial charge >= 0.3 is 5.69 Å². The molecule has 1 fully saturated rings. The second kappa shape index (κ2) is 8.75. The average molecular weight is 397 g/mol. The largest absolute Gasteiger partial charge is 0.376 e. The highest BCUT2D eigenvalue weighted by atomic mass is 35.5. The van der Waals surface area contributed by atoms with Crippen LogP contribution in [0.2, 0.25) is 5.02 Å². The molecule has 1 saturated heterocycles. The van der Waals surface area contributed by atoms with Crippen LogP contribution in [-0.2, 0) is 16.1 Å². The maximum Gasteiger partial charge on any atom is 0.344 e. The van der Waals surface area contributed by atoms with Crippen molar-refractivity contribution in [2.75, 3.05) is 12.4 Å². The van der Waals surface area contributed by atoms with E-state index in [1.54, 1.807) is 6.07 Å². The maximum absolute atomic E-state index is 12.2. The van der Waals surface area contributed by atoms with Crippen LogP contribution in [0.3, 0.4) is 0 Å². The number of carbonyl (C=O) groups excluding carboxylic acids is 1. The van der Waals surface area contributed by atoms with Crippen LogP contribution in [0.25, 0.3) is 0 Å². The summed E-state index contributed by atoms with van der Waals surface area (Å²) < 4.78 is 7.11. The summed E-state index contributed by atoms with van der Waals surface area (Å²) in [4.78, 5) is 24.2. The summed E-state index contributed by atoms with van der Waals surface area (Å²) in [7, 11) is 0. The van der Waals surface area contributed by atoms with E-state index in [1.165, 1.54) is 16.3 Å². The molecule has 0 radical (unpaired) electrons. The van der Waals surface area contributed by atoms with Gasteiger partial charge in [-0.15, -0.1) is 5.10 Å². The normalized spacial score (nSPS) is 18.0. The van der Waals surface area contributed by atoms with E-state index in [0.29, 0.717) is 16.7 Å². The molecule has 0 saturated carbocycles. The number of hydrogen-bond acceptors (Lipinski definition) is 5. The number of ether oxygens (including phenoxy) is 1.